The molecule has 4 fully saturated rings. The van der Waals surface area contributed by atoms with E-state index in [2.05, 4.69) is 57.9 Å². The second-order valence-electron chi connectivity index (χ2n) is 19.3. The lowest BCUT2D eigenvalue weighted by Crippen LogP contribution is -2.46. The van der Waals surface area contributed by atoms with Gasteiger partial charge < -0.3 is 28.8 Å². The molecule has 61 heavy (non-hydrogen) atoms. The molecule has 3 saturated heterocycles. The monoisotopic (exact) mass is 856 g/mol. The number of benzene rings is 2. The lowest BCUT2D eigenvalue weighted by molar-refractivity contribution is 0.0446. The summed E-state index contributed by atoms with van der Waals surface area (Å²) in [5.41, 5.74) is 4.53. The fourth-order valence-corrected chi connectivity index (χ4v) is 16.3. The summed E-state index contributed by atoms with van der Waals surface area (Å²) in [5, 5.41) is 12.3. The zero-order valence-corrected chi connectivity index (χ0v) is 38.1. The van der Waals surface area contributed by atoms with E-state index in [1.54, 1.807) is 18.2 Å². The number of aromatic nitrogens is 4. The smallest absolute Gasteiger partial charge is 0.320 e. The topological polar surface area (TPSA) is 115 Å². The fraction of sp³-hybridized carbons (Fsp3) is 0.617. The number of hydrogen-bond donors (Lipinski definition) is 1. The Bertz CT molecular complexity index is 2350. The van der Waals surface area contributed by atoms with Crippen molar-refractivity contribution in [2.45, 2.75) is 140 Å². The Morgan fingerprint density at radius 2 is 1.74 bits per heavy atom. The van der Waals surface area contributed by atoms with Gasteiger partial charge in [-0.1, -0.05) is 53.5 Å². The third-order valence-electron chi connectivity index (χ3n) is 14.3. The number of anilines is 1. The number of rotatable bonds is 13. The third-order valence-corrected chi connectivity index (χ3v) is 20.5. The number of aliphatic hydroxyl groups is 1. The maximum absolute atomic E-state index is 16.4. The van der Waals surface area contributed by atoms with Crippen LogP contribution < -0.4 is 14.4 Å². The predicted octanol–water partition coefficient (Wildman–Crippen LogP) is 8.93. The van der Waals surface area contributed by atoms with Crippen molar-refractivity contribution in [1.82, 2.24) is 24.4 Å². The Labute approximate surface area is 359 Å². The number of alkyl halides is 1. The molecule has 0 bridgehead atoms. The molecule has 8 rings (SSSR count). The van der Waals surface area contributed by atoms with Crippen LogP contribution in [0.15, 0.2) is 24.3 Å². The van der Waals surface area contributed by atoms with E-state index in [1.165, 1.54) is 13.2 Å². The largest absolute Gasteiger partial charge is 0.468 e. The summed E-state index contributed by atoms with van der Waals surface area (Å²) in [7, 11) is -0.781. The quantitative estimate of drug-likeness (QED) is 0.0605. The number of halogens is 2. The van der Waals surface area contributed by atoms with Gasteiger partial charge in [-0.3, -0.25) is 9.69 Å². The van der Waals surface area contributed by atoms with Crippen molar-refractivity contribution >= 4 is 41.6 Å². The molecule has 2 aromatic heterocycles. The molecule has 1 N–H and O–H groups in total. The molecule has 11 nitrogen and oxygen atoms in total. The second kappa shape index (κ2) is 16.8. The maximum Gasteiger partial charge on any atom is 0.320 e. The molecule has 3 aliphatic heterocycles. The number of β-amino-alcohol motifs (C(OH)–C–C–N with tert-alkyl or cyclic N) is 1. The number of nitrogens with zero attached hydrogens (tertiary/aromatic N) is 6. The van der Waals surface area contributed by atoms with Crippen LogP contribution in [-0.2, 0) is 4.74 Å². The van der Waals surface area contributed by atoms with Gasteiger partial charge in [-0.25, -0.2) is 13.8 Å². The third kappa shape index (κ3) is 7.93. The van der Waals surface area contributed by atoms with Crippen LogP contribution >= 0.6 is 0 Å². The summed E-state index contributed by atoms with van der Waals surface area (Å²) in [4.78, 5) is 34.7. The zero-order chi connectivity index (χ0) is 43.4. The molecular weight excluding hydrogens is 795 g/mol. The van der Waals surface area contributed by atoms with Crippen LogP contribution in [0.4, 0.5) is 14.6 Å². The van der Waals surface area contributed by atoms with Gasteiger partial charge in [0.2, 0.25) is 5.78 Å². The van der Waals surface area contributed by atoms with Crippen LogP contribution in [0.5, 0.6) is 11.8 Å². The number of ether oxygens (including phenoxy) is 3. The maximum atomic E-state index is 16.4. The van der Waals surface area contributed by atoms with E-state index in [0.29, 0.717) is 82.6 Å². The van der Waals surface area contributed by atoms with Gasteiger partial charge in [0, 0.05) is 50.2 Å². The van der Waals surface area contributed by atoms with Crippen molar-refractivity contribution in [2.75, 3.05) is 51.6 Å². The summed E-state index contributed by atoms with van der Waals surface area (Å²) in [6.45, 7) is 17.5. The van der Waals surface area contributed by atoms with Crippen LogP contribution in [0.1, 0.15) is 128 Å². The minimum Gasteiger partial charge on any atom is -0.468 e. The van der Waals surface area contributed by atoms with E-state index in [0.717, 1.165) is 45.1 Å². The second-order valence-corrected chi connectivity index (χ2v) is 24.9. The van der Waals surface area contributed by atoms with Gasteiger partial charge in [0.15, 0.2) is 24.1 Å². The first-order valence-electron chi connectivity index (χ1n) is 22.3. The average molecular weight is 857 g/mol. The summed E-state index contributed by atoms with van der Waals surface area (Å²) in [5.74, 6) is 3.50. The Balaban J connectivity index is 1.32. The lowest BCUT2D eigenvalue weighted by atomic mass is 9.91. The van der Waals surface area contributed by atoms with Gasteiger partial charge >= 0.3 is 6.01 Å². The molecule has 1 saturated carbocycles. The summed E-state index contributed by atoms with van der Waals surface area (Å²) in [6.07, 6.45) is 5.28. The number of fused-ring (bicyclic) bond motifs is 3. The molecule has 0 radical (unpaired) electrons. The minimum absolute atomic E-state index is 0.0504. The highest BCUT2D eigenvalue weighted by atomic mass is 28.3. The first-order chi connectivity index (χ1) is 29.1. The summed E-state index contributed by atoms with van der Waals surface area (Å²) < 4.78 is 50.8. The molecular formula is C47H62F2N6O5Si. The SMILES string of the molecule is COCOc1cc(C(=O)c2nc3nc(OC[C@@]45CCCN4C[C@H](F)C5)nc(N4CCC[C@@](C)(O)C4)c3n2C2CCC2)c2c(C#C[Si](C(C)C)(C(C)C)C(C)C)c(F)ccc2c1. The number of imidazole rings is 1. The van der Waals surface area contributed by atoms with E-state index >= 15 is 9.18 Å². The van der Waals surface area contributed by atoms with Crippen molar-refractivity contribution in [3.05, 3.63) is 47.0 Å². The lowest BCUT2D eigenvalue weighted by Gasteiger charge is -2.38. The molecule has 0 unspecified atom stereocenters. The van der Waals surface area contributed by atoms with E-state index < -0.39 is 37.0 Å². The number of methoxy groups -OCH3 is 1. The number of hydrogen-bond acceptors (Lipinski definition) is 10. The zero-order valence-electron chi connectivity index (χ0n) is 37.1. The predicted molar refractivity (Wildman–Crippen MR) is 237 cm³/mol. The molecule has 2 aromatic carbocycles. The summed E-state index contributed by atoms with van der Waals surface area (Å²) in [6, 6.07) is 6.54. The van der Waals surface area contributed by atoms with Crippen molar-refractivity contribution < 1.29 is 32.9 Å². The van der Waals surface area contributed by atoms with Crippen LogP contribution in [0.3, 0.4) is 0 Å². The van der Waals surface area contributed by atoms with Crippen LogP contribution in [0.2, 0.25) is 16.6 Å². The minimum atomic E-state index is -2.31. The van der Waals surface area contributed by atoms with Gasteiger partial charge in [0.25, 0.3) is 0 Å². The van der Waals surface area contributed by atoms with E-state index in [-0.39, 0.29) is 42.4 Å². The molecule has 328 valence electrons. The van der Waals surface area contributed by atoms with E-state index in [1.807, 2.05) is 16.4 Å². The van der Waals surface area contributed by atoms with Gasteiger partial charge in [-0.05, 0) is 98.6 Å². The Kier molecular flexibility index (Phi) is 12.0. The first-order valence-corrected chi connectivity index (χ1v) is 24.6. The highest BCUT2D eigenvalue weighted by molar-refractivity contribution is 6.90. The normalized spacial score (nSPS) is 23.6. The number of ketones is 1. The van der Waals surface area contributed by atoms with Crippen molar-refractivity contribution in [2.24, 2.45) is 0 Å². The van der Waals surface area contributed by atoms with E-state index in [9.17, 15) is 9.50 Å². The molecule has 4 aliphatic rings. The number of carbonyl (C=O) groups excluding carboxylic acids is 1. The van der Waals surface area contributed by atoms with Gasteiger partial charge in [0.1, 0.15) is 37.9 Å². The molecule has 1 aliphatic carbocycles. The molecule has 3 atom stereocenters. The van der Waals surface area contributed by atoms with Gasteiger partial charge in [0.05, 0.1) is 16.7 Å². The highest BCUT2D eigenvalue weighted by Gasteiger charge is 2.50. The van der Waals surface area contributed by atoms with Gasteiger partial charge in [-0.15, -0.1) is 5.54 Å². The Morgan fingerprint density at radius 1 is 1.00 bits per heavy atom. The molecule has 0 amide bonds. The van der Waals surface area contributed by atoms with E-state index in [4.69, 9.17) is 29.2 Å². The highest BCUT2D eigenvalue weighted by Crippen LogP contribution is 2.44. The standard InChI is InChI=1S/C47H62F2N6O5Si/c1-29(2)61(30(3)4,31(5)6)21-16-36-38(49)15-14-32-22-35(60-28-58-8)23-37(39(32)36)41(56)44-50-42-40(55(44)34-12-9-13-34)43(53-19-10-17-46(7,57)26-53)52-45(51-42)59-27-47-18-11-20-54(47)25-33(48)24-47/h14-15,22-23,29-31,33-34,57H,9-13,17-20,24-28H2,1-8H3/t33-,46-,47+/m1/s1. The fourth-order valence-electron chi connectivity index (χ4n) is 11.1. The van der Waals surface area contributed by atoms with Crippen molar-refractivity contribution in [3.8, 4) is 23.2 Å². The first kappa shape index (κ1) is 43.5. The van der Waals surface area contributed by atoms with Crippen LogP contribution in [0, 0.1) is 17.3 Å². The molecule has 4 aromatic rings. The molecule has 14 heteroatoms. The Hall–Kier alpha value is -4.16. The molecule has 0 spiro atoms. The van der Waals surface area contributed by atoms with Crippen molar-refractivity contribution in [1.29, 1.82) is 0 Å². The van der Waals surface area contributed by atoms with Crippen LogP contribution in [0.25, 0.3) is 21.9 Å². The number of carbonyl (C=O) groups is 1. The average Bonchev–Trinajstić information content (AvgIpc) is 3.85. The Morgan fingerprint density at radius 3 is 2.41 bits per heavy atom. The number of piperidine rings is 1. The van der Waals surface area contributed by atoms with Crippen molar-refractivity contribution in [3.63, 3.8) is 0 Å². The van der Waals surface area contributed by atoms with Crippen LogP contribution in [-0.4, -0.2) is 107 Å². The summed E-state index contributed by atoms with van der Waals surface area (Å²) >= 11 is 0. The molecule has 5 heterocycles. The van der Waals surface area contributed by atoms with Gasteiger partial charge in [-0.2, -0.15) is 9.97 Å².